The molecule has 0 bridgehead atoms. The van der Waals surface area contributed by atoms with Crippen LogP contribution in [0.25, 0.3) is 6.08 Å². The van der Waals surface area contributed by atoms with Gasteiger partial charge in [-0.2, -0.15) is 0 Å². The minimum Gasteiger partial charge on any atom is -0.379 e. The first kappa shape index (κ1) is 16.9. The number of benzene rings is 2. The summed E-state index contributed by atoms with van der Waals surface area (Å²) in [6.45, 7) is 3.75. The zero-order valence-electron chi connectivity index (χ0n) is 13.5. The molecule has 0 spiro atoms. The highest BCUT2D eigenvalue weighted by atomic mass is 35.5. The fraction of sp³-hybridized carbons (Fsp3) is 0.250. The molecule has 0 unspecified atom stereocenters. The van der Waals surface area contributed by atoms with Gasteiger partial charge in [0.2, 0.25) is 0 Å². The Labute approximate surface area is 147 Å². The number of ether oxygens (including phenoxy) is 1. The van der Waals surface area contributed by atoms with E-state index in [-0.39, 0.29) is 5.78 Å². The van der Waals surface area contributed by atoms with Crippen molar-refractivity contribution in [2.24, 2.45) is 0 Å². The Bertz CT molecular complexity index is 704. The lowest BCUT2D eigenvalue weighted by atomic mass is 10.00. The minimum absolute atomic E-state index is 0.0667. The molecule has 0 aliphatic carbocycles. The molecular weight excluding hydrogens is 322 g/mol. The largest absolute Gasteiger partial charge is 0.379 e. The van der Waals surface area contributed by atoms with Gasteiger partial charge in [-0.15, -0.1) is 0 Å². The number of carbonyl (C=O) groups is 1. The predicted octanol–water partition coefficient (Wildman–Crippen LogP) is 3.94. The Balaban J connectivity index is 1.87. The molecule has 0 atom stereocenters. The Kier molecular flexibility index (Phi) is 5.81. The summed E-state index contributed by atoms with van der Waals surface area (Å²) in [5.41, 5.74) is 2.48. The van der Waals surface area contributed by atoms with Crippen LogP contribution in [-0.4, -0.2) is 43.5 Å². The molecule has 124 valence electrons. The number of carbonyl (C=O) groups excluding carboxylic acids is 1. The molecule has 1 aliphatic rings. The molecule has 1 aliphatic heterocycles. The second-order valence-corrected chi connectivity index (χ2v) is 6.24. The summed E-state index contributed by atoms with van der Waals surface area (Å²) in [5, 5.41) is 0.691. The fourth-order valence-electron chi connectivity index (χ4n) is 2.72. The van der Waals surface area contributed by atoms with Crippen molar-refractivity contribution < 1.29 is 9.53 Å². The molecule has 2 aromatic carbocycles. The second kappa shape index (κ2) is 8.25. The third-order valence-electron chi connectivity index (χ3n) is 4.04. The summed E-state index contributed by atoms with van der Waals surface area (Å²) in [6, 6.07) is 17.0. The van der Waals surface area contributed by atoms with Crippen molar-refractivity contribution in [3.63, 3.8) is 0 Å². The molecule has 1 heterocycles. The topological polar surface area (TPSA) is 29.5 Å². The minimum atomic E-state index is 0.0667. The number of rotatable bonds is 5. The van der Waals surface area contributed by atoms with Gasteiger partial charge >= 0.3 is 0 Å². The van der Waals surface area contributed by atoms with Crippen molar-refractivity contribution in [1.82, 2.24) is 4.90 Å². The summed E-state index contributed by atoms with van der Waals surface area (Å²) in [7, 11) is 0. The van der Waals surface area contributed by atoms with E-state index in [4.69, 9.17) is 16.3 Å². The van der Waals surface area contributed by atoms with Gasteiger partial charge in [0.25, 0.3) is 0 Å². The summed E-state index contributed by atoms with van der Waals surface area (Å²) in [5.74, 6) is 0.0667. The number of hydrogen-bond donors (Lipinski definition) is 0. The first-order valence-electron chi connectivity index (χ1n) is 8.08. The van der Waals surface area contributed by atoms with Crippen LogP contribution in [0, 0.1) is 0 Å². The maximum atomic E-state index is 12.9. The second-order valence-electron chi connectivity index (χ2n) is 5.80. The molecule has 0 radical (unpaired) electrons. The van der Waals surface area contributed by atoms with Gasteiger partial charge in [0.05, 0.1) is 13.2 Å². The number of Topliss-reactive ketones (excluding diaryl/α,β-unsaturated/α-hetero) is 1. The highest BCUT2D eigenvalue weighted by Crippen LogP contribution is 2.17. The Morgan fingerprint density at radius 1 is 1.04 bits per heavy atom. The quantitative estimate of drug-likeness (QED) is 0.609. The molecule has 24 heavy (non-hydrogen) atoms. The van der Waals surface area contributed by atoms with Gasteiger partial charge < -0.3 is 4.74 Å². The molecule has 3 nitrogen and oxygen atoms in total. The van der Waals surface area contributed by atoms with E-state index in [1.165, 1.54) is 0 Å². The molecule has 0 aromatic heterocycles. The SMILES string of the molecule is O=C(/C(=C/c1ccc(Cl)cc1)CN1CCOCC1)c1ccccc1. The Morgan fingerprint density at radius 3 is 2.38 bits per heavy atom. The van der Waals surface area contributed by atoms with Gasteiger partial charge in [-0.05, 0) is 23.8 Å². The maximum Gasteiger partial charge on any atom is 0.190 e. The van der Waals surface area contributed by atoms with E-state index < -0.39 is 0 Å². The van der Waals surface area contributed by atoms with Crippen LogP contribution < -0.4 is 0 Å². The zero-order chi connectivity index (χ0) is 16.8. The van der Waals surface area contributed by atoms with E-state index in [1.54, 1.807) is 0 Å². The van der Waals surface area contributed by atoms with Crippen LogP contribution in [0.15, 0.2) is 60.2 Å². The van der Waals surface area contributed by atoms with E-state index in [2.05, 4.69) is 4.90 Å². The third-order valence-corrected chi connectivity index (χ3v) is 4.29. The zero-order valence-corrected chi connectivity index (χ0v) is 14.2. The Hall–Kier alpha value is -1.94. The molecule has 1 fully saturated rings. The lowest BCUT2D eigenvalue weighted by molar-refractivity contribution is 0.0419. The standard InChI is InChI=1S/C20H20ClNO2/c21-19-8-6-16(7-9-19)14-18(15-22-10-12-24-13-11-22)20(23)17-4-2-1-3-5-17/h1-9,14H,10-13,15H2/b18-14+. The van der Waals surface area contributed by atoms with Gasteiger partial charge in [0, 0.05) is 35.8 Å². The van der Waals surface area contributed by atoms with Gasteiger partial charge in [-0.1, -0.05) is 54.1 Å². The maximum absolute atomic E-state index is 12.9. The van der Waals surface area contributed by atoms with Crippen molar-refractivity contribution in [2.75, 3.05) is 32.8 Å². The molecule has 0 saturated carbocycles. The van der Waals surface area contributed by atoms with Gasteiger partial charge in [-0.25, -0.2) is 0 Å². The number of nitrogens with zero attached hydrogens (tertiary/aromatic N) is 1. The van der Waals surface area contributed by atoms with Crippen LogP contribution in [0.1, 0.15) is 15.9 Å². The molecule has 0 amide bonds. The summed E-state index contributed by atoms with van der Waals surface area (Å²) >= 11 is 5.95. The fourth-order valence-corrected chi connectivity index (χ4v) is 2.84. The summed E-state index contributed by atoms with van der Waals surface area (Å²) in [4.78, 5) is 15.2. The molecular formula is C20H20ClNO2. The first-order chi connectivity index (χ1) is 11.7. The summed E-state index contributed by atoms with van der Waals surface area (Å²) < 4.78 is 5.40. The molecule has 3 rings (SSSR count). The summed E-state index contributed by atoms with van der Waals surface area (Å²) in [6.07, 6.45) is 1.96. The highest BCUT2D eigenvalue weighted by molar-refractivity contribution is 6.30. The average Bonchev–Trinajstić information content (AvgIpc) is 2.64. The lowest BCUT2D eigenvalue weighted by Crippen LogP contribution is -2.38. The van der Waals surface area contributed by atoms with Crippen molar-refractivity contribution in [2.45, 2.75) is 0 Å². The van der Waals surface area contributed by atoms with E-state index in [1.807, 2.05) is 60.7 Å². The first-order valence-corrected chi connectivity index (χ1v) is 8.46. The molecule has 4 heteroatoms. The van der Waals surface area contributed by atoms with Crippen molar-refractivity contribution >= 4 is 23.5 Å². The highest BCUT2D eigenvalue weighted by Gasteiger charge is 2.18. The number of hydrogen-bond acceptors (Lipinski definition) is 3. The lowest BCUT2D eigenvalue weighted by Gasteiger charge is -2.27. The monoisotopic (exact) mass is 341 g/mol. The van der Waals surface area contributed by atoms with Crippen LogP contribution in [0.3, 0.4) is 0 Å². The molecule has 1 saturated heterocycles. The van der Waals surface area contributed by atoms with E-state index in [9.17, 15) is 4.79 Å². The third kappa shape index (κ3) is 4.54. The van der Waals surface area contributed by atoms with Crippen LogP contribution >= 0.6 is 11.6 Å². The van der Waals surface area contributed by atoms with Crippen LogP contribution in [-0.2, 0) is 4.74 Å². The van der Waals surface area contributed by atoms with Gasteiger partial charge in [0.15, 0.2) is 5.78 Å². The van der Waals surface area contributed by atoms with E-state index >= 15 is 0 Å². The van der Waals surface area contributed by atoms with Crippen molar-refractivity contribution in [3.05, 3.63) is 76.3 Å². The normalized spacial score (nSPS) is 16.1. The van der Waals surface area contributed by atoms with Crippen molar-refractivity contribution in [3.8, 4) is 0 Å². The van der Waals surface area contributed by atoms with E-state index in [0.29, 0.717) is 30.3 Å². The molecule has 2 aromatic rings. The van der Waals surface area contributed by atoms with Crippen LogP contribution in [0.4, 0.5) is 0 Å². The van der Waals surface area contributed by atoms with E-state index in [0.717, 1.165) is 24.2 Å². The Morgan fingerprint density at radius 2 is 1.71 bits per heavy atom. The van der Waals surface area contributed by atoms with Gasteiger partial charge in [0.1, 0.15) is 0 Å². The number of morpholine rings is 1. The van der Waals surface area contributed by atoms with Gasteiger partial charge in [-0.3, -0.25) is 9.69 Å². The van der Waals surface area contributed by atoms with Crippen molar-refractivity contribution in [1.29, 1.82) is 0 Å². The average molecular weight is 342 g/mol. The number of ketones is 1. The molecule has 0 N–H and O–H groups in total. The van der Waals surface area contributed by atoms with Crippen LogP contribution in [0.2, 0.25) is 5.02 Å². The number of halogens is 1. The smallest absolute Gasteiger partial charge is 0.190 e. The van der Waals surface area contributed by atoms with Crippen LogP contribution in [0.5, 0.6) is 0 Å². The predicted molar refractivity (Wildman–Crippen MR) is 97.5 cm³/mol.